The van der Waals surface area contributed by atoms with Gasteiger partial charge in [-0.05, 0) is 63.6 Å². The van der Waals surface area contributed by atoms with Crippen LogP contribution in [0.25, 0.3) is 0 Å². The summed E-state index contributed by atoms with van der Waals surface area (Å²) >= 11 is 0. The van der Waals surface area contributed by atoms with Crippen molar-refractivity contribution in [1.29, 1.82) is 0 Å². The first-order chi connectivity index (χ1) is 13.6. The maximum absolute atomic E-state index is 12.3. The molecule has 0 saturated heterocycles. The van der Waals surface area contributed by atoms with Crippen molar-refractivity contribution in [2.24, 2.45) is 0 Å². The topological polar surface area (TPSA) is 96.5 Å². The van der Waals surface area contributed by atoms with E-state index in [1.807, 2.05) is 25.1 Å². The summed E-state index contributed by atoms with van der Waals surface area (Å²) in [7, 11) is 0. The predicted octanol–water partition coefficient (Wildman–Crippen LogP) is 4.10. The zero-order valence-corrected chi connectivity index (χ0v) is 17.2. The summed E-state index contributed by atoms with van der Waals surface area (Å²) in [4.78, 5) is 35.9. The van der Waals surface area contributed by atoms with Crippen LogP contribution in [0, 0.1) is 6.92 Å². The highest BCUT2D eigenvalue weighted by molar-refractivity contribution is 6.05. The third-order valence-corrected chi connectivity index (χ3v) is 3.84. The molecule has 0 bridgehead atoms. The molecule has 2 rings (SSSR count). The molecule has 0 unspecified atom stereocenters. The molecule has 0 spiro atoms. The molecule has 0 saturated carbocycles. The van der Waals surface area contributed by atoms with Gasteiger partial charge in [0.2, 0.25) is 5.91 Å². The Balaban J connectivity index is 1.80. The van der Waals surface area contributed by atoms with Crippen molar-refractivity contribution >= 4 is 29.3 Å². The molecule has 3 amide bonds. The van der Waals surface area contributed by atoms with E-state index in [0.29, 0.717) is 16.9 Å². The third kappa shape index (κ3) is 7.65. The minimum Gasteiger partial charge on any atom is -0.444 e. The first-order valence-corrected chi connectivity index (χ1v) is 9.38. The van der Waals surface area contributed by atoms with Gasteiger partial charge in [0, 0.05) is 29.9 Å². The average molecular weight is 397 g/mol. The number of hydrogen-bond acceptors (Lipinski definition) is 4. The van der Waals surface area contributed by atoms with Crippen molar-refractivity contribution in [3.63, 3.8) is 0 Å². The molecule has 0 radical (unpaired) electrons. The first-order valence-electron chi connectivity index (χ1n) is 9.38. The van der Waals surface area contributed by atoms with Gasteiger partial charge in [-0.3, -0.25) is 9.59 Å². The molecule has 7 heteroatoms. The van der Waals surface area contributed by atoms with Gasteiger partial charge in [-0.1, -0.05) is 18.2 Å². The van der Waals surface area contributed by atoms with Crippen LogP contribution in [0.2, 0.25) is 0 Å². The number of aryl methyl sites for hydroxylation is 1. The summed E-state index contributed by atoms with van der Waals surface area (Å²) in [5.74, 6) is -0.425. The number of alkyl carbamates (subject to hydrolysis) is 1. The SMILES string of the molecule is Cc1ccccc1C(=O)Nc1ccc(NC(=O)CCNC(=O)OC(C)(C)C)cc1. The van der Waals surface area contributed by atoms with E-state index < -0.39 is 11.7 Å². The summed E-state index contributed by atoms with van der Waals surface area (Å²) < 4.78 is 5.11. The number of nitrogens with one attached hydrogen (secondary N) is 3. The van der Waals surface area contributed by atoms with Gasteiger partial charge < -0.3 is 20.7 Å². The number of carbonyl (C=O) groups is 3. The van der Waals surface area contributed by atoms with Crippen molar-refractivity contribution in [3.05, 3.63) is 59.7 Å². The summed E-state index contributed by atoms with van der Waals surface area (Å²) in [6, 6.07) is 14.2. The van der Waals surface area contributed by atoms with E-state index >= 15 is 0 Å². The van der Waals surface area contributed by atoms with Gasteiger partial charge in [0.05, 0.1) is 0 Å². The van der Waals surface area contributed by atoms with Crippen LogP contribution in [0.3, 0.4) is 0 Å². The number of rotatable bonds is 6. The van der Waals surface area contributed by atoms with E-state index in [0.717, 1.165) is 5.56 Å². The highest BCUT2D eigenvalue weighted by Crippen LogP contribution is 2.16. The average Bonchev–Trinajstić information content (AvgIpc) is 2.62. The van der Waals surface area contributed by atoms with Crippen LogP contribution in [-0.2, 0) is 9.53 Å². The lowest BCUT2D eigenvalue weighted by atomic mass is 10.1. The Hall–Kier alpha value is -3.35. The molecular formula is C22H27N3O4. The number of anilines is 2. The van der Waals surface area contributed by atoms with Crippen molar-refractivity contribution < 1.29 is 19.1 Å². The molecule has 29 heavy (non-hydrogen) atoms. The molecule has 0 heterocycles. The lowest BCUT2D eigenvalue weighted by Gasteiger charge is -2.19. The Kier molecular flexibility index (Phi) is 7.36. The van der Waals surface area contributed by atoms with Gasteiger partial charge in [-0.15, -0.1) is 0 Å². The van der Waals surface area contributed by atoms with Gasteiger partial charge in [0.15, 0.2) is 0 Å². The normalized spacial score (nSPS) is 10.8. The Morgan fingerprint density at radius 2 is 1.48 bits per heavy atom. The van der Waals surface area contributed by atoms with Crippen molar-refractivity contribution in [1.82, 2.24) is 5.32 Å². The molecule has 154 valence electrons. The fourth-order valence-corrected chi connectivity index (χ4v) is 2.48. The van der Waals surface area contributed by atoms with E-state index in [1.54, 1.807) is 51.1 Å². The molecule has 0 aromatic heterocycles. The highest BCUT2D eigenvalue weighted by Gasteiger charge is 2.16. The summed E-state index contributed by atoms with van der Waals surface area (Å²) in [6.07, 6.45) is -0.440. The molecule has 3 N–H and O–H groups in total. The van der Waals surface area contributed by atoms with Gasteiger partial charge in [-0.2, -0.15) is 0 Å². The molecule has 0 aliphatic heterocycles. The van der Waals surface area contributed by atoms with Crippen LogP contribution < -0.4 is 16.0 Å². The number of carbonyl (C=O) groups excluding carboxylic acids is 3. The monoisotopic (exact) mass is 397 g/mol. The predicted molar refractivity (Wildman–Crippen MR) is 113 cm³/mol. The minimum absolute atomic E-state index is 0.116. The second kappa shape index (κ2) is 9.73. The Morgan fingerprint density at radius 3 is 2.07 bits per heavy atom. The van der Waals surface area contributed by atoms with Crippen LogP contribution in [-0.4, -0.2) is 30.1 Å². The number of benzene rings is 2. The summed E-state index contributed by atoms with van der Waals surface area (Å²) in [5.41, 5.74) is 2.16. The van der Waals surface area contributed by atoms with Gasteiger partial charge in [0.25, 0.3) is 5.91 Å². The fourth-order valence-electron chi connectivity index (χ4n) is 2.48. The second-order valence-corrected chi connectivity index (χ2v) is 7.57. The maximum atomic E-state index is 12.3. The van der Waals surface area contributed by atoms with Crippen molar-refractivity contribution in [3.8, 4) is 0 Å². The van der Waals surface area contributed by atoms with E-state index in [4.69, 9.17) is 4.74 Å². The van der Waals surface area contributed by atoms with Crippen LogP contribution >= 0.6 is 0 Å². The second-order valence-electron chi connectivity index (χ2n) is 7.57. The zero-order chi connectivity index (χ0) is 21.4. The van der Waals surface area contributed by atoms with Crippen LogP contribution in [0.4, 0.5) is 16.2 Å². The Labute approximate surface area is 170 Å². The van der Waals surface area contributed by atoms with E-state index in [1.165, 1.54) is 0 Å². The fraction of sp³-hybridized carbons (Fsp3) is 0.318. The van der Waals surface area contributed by atoms with Crippen LogP contribution in [0.5, 0.6) is 0 Å². The number of amides is 3. The largest absolute Gasteiger partial charge is 0.444 e. The summed E-state index contributed by atoms with van der Waals surface area (Å²) in [6.45, 7) is 7.36. The lowest BCUT2D eigenvalue weighted by molar-refractivity contribution is -0.116. The zero-order valence-electron chi connectivity index (χ0n) is 17.2. The number of ether oxygens (including phenoxy) is 1. The van der Waals surface area contributed by atoms with Gasteiger partial charge in [-0.25, -0.2) is 4.79 Å². The Morgan fingerprint density at radius 1 is 0.897 bits per heavy atom. The standard InChI is InChI=1S/C22H27N3O4/c1-15-7-5-6-8-18(15)20(27)25-17-11-9-16(10-12-17)24-19(26)13-14-23-21(28)29-22(2,3)4/h5-12H,13-14H2,1-4H3,(H,23,28)(H,24,26)(H,25,27). The third-order valence-electron chi connectivity index (χ3n) is 3.84. The van der Waals surface area contributed by atoms with Crippen LogP contribution in [0.1, 0.15) is 43.1 Å². The molecule has 0 aliphatic rings. The molecule has 2 aromatic carbocycles. The van der Waals surface area contributed by atoms with Gasteiger partial charge >= 0.3 is 6.09 Å². The molecule has 0 aliphatic carbocycles. The van der Waals surface area contributed by atoms with Crippen molar-refractivity contribution in [2.75, 3.05) is 17.2 Å². The smallest absolute Gasteiger partial charge is 0.407 e. The van der Waals surface area contributed by atoms with E-state index in [2.05, 4.69) is 16.0 Å². The van der Waals surface area contributed by atoms with E-state index in [-0.39, 0.29) is 24.8 Å². The van der Waals surface area contributed by atoms with Crippen LogP contribution in [0.15, 0.2) is 48.5 Å². The van der Waals surface area contributed by atoms with Gasteiger partial charge in [0.1, 0.15) is 5.60 Å². The molecule has 0 atom stereocenters. The Bertz CT molecular complexity index is 870. The molecule has 0 fully saturated rings. The highest BCUT2D eigenvalue weighted by atomic mass is 16.6. The lowest BCUT2D eigenvalue weighted by Crippen LogP contribution is -2.34. The molecule has 2 aromatic rings. The summed E-state index contributed by atoms with van der Waals surface area (Å²) in [5, 5.41) is 8.11. The number of hydrogen-bond donors (Lipinski definition) is 3. The minimum atomic E-state index is -0.581. The molecule has 7 nitrogen and oxygen atoms in total. The van der Waals surface area contributed by atoms with Crippen molar-refractivity contribution in [2.45, 2.75) is 39.7 Å². The quantitative estimate of drug-likeness (QED) is 0.684. The first kappa shape index (κ1) is 21.9. The molecular weight excluding hydrogens is 370 g/mol. The van der Waals surface area contributed by atoms with E-state index in [9.17, 15) is 14.4 Å². The maximum Gasteiger partial charge on any atom is 0.407 e.